The number of nitrogens with two attached hydrogens (primary N) is 1. The molecule has 3 aromatic heterocycles. The van der Waals surface area contributed by atoms with Crippen molar-refractivity contribution in [1.29, 1.82) is 0 Å². The quantitative estimate of drug-likeness (QED) is 0.544. The number of pyridine rings is 1. The molecular formula is C19H20N4O3S. The van der Waals surface area contributed by atoms with Crippen molar-refractivity contribution in [3.8, 4) is 5.88 Å². The molecule has 0 unspecified atom stereocenters. The number of nitrogen functional groups attached to an aromatic ring is 1. The minimum Gasteiger partial charge on any atom is -0.480 e. The van der Waals surface area contributed by atoms with E-state index in [4.69, 9.17) is 15.2 Å². The molecule has 0 spiro atoms. The third-order valence-corrected chi connectivity index (χ3v) is 5.84. The predicted molar refractivity (Wildman–Crippen MR) is 103 cm³/mol. The number of thiophene rings is 1. The van der Waals surface area contributed by atoms with E-state index in [2.05, 4.69) is 15.0 Å². The van der Waals surface area contributed by atoms with E-state index in [-0.39, 0.29) is 18.1 Å². The van der Waals surface area contributed by atoms with Crippen LogP contribution >= 0.6 is 11.3 Å². The number of ether oxygens (including phenoxy) is 2. The van der Waals surface area contributed by atoms with Crippen molar-refractivity contribution in [2.75, 3.05) is 12.8 Å². The van der Waals surface area contributed by atoms with E-state index in [0.717, 1.165) is 23.1 Å². The van der Waals surface area contributed by atoms with Crippen LogP contribution in [0.3, 0.4) is 0 Å². The molecule has 0 aromatic carbocycles. The molecule has 0 bridgehead atoms. The van der Waals surface area contributed by atoms with E-state index in [1.165, 1.54) is 36.8 Å². The Kier molecular flexibility index (Phi) is 4.89. The number of aryl methyl sites for hydroxylation is 2. The first-order chi connectivity index (χ1) is 13.2. The largest absolute Gasteiger partial charge is 0.480 e. The van der Waals surface area contributed by atoms with Gasteiger partial charge in [-0.25, -0.2) is 19.7 Å². The zero-order chi connectivity index (χ0) is 18.8. The molecule has 140 valence electrons. The van der Waals surface area contributed by atoms with Crippen molar-refractivity contribution >= 4 is 33.3 Å². The number of methoxy groups -OCH3 is 1. The number of hydrogen-bond acceptors (Lipinski definition) is 8. The van der Waals surface area contributed by atoms with E-state index >= 15 is 0 Å². The van der Waals surface area contributed by atoms with Gasteiger partial charge in [-0.1, -0.05) is 6.42 Å². The van der Waals surface area contributed by atoms with Gasteiger partial charge in [0.05, 0.1) is 12.5 Å². The van der Waals surface area contributed by atoms with Gasteiger partial charge in [0.2, 0.25) is 5.88 Å². The summed E-state index contributed by atoms with van der Waals surface area (Å²) >= 11 is 1.68. The summed E-state index contributed by atoms with van der Waals surface area (Å²) in [4.78, 5) is 27.5. The van der Waals surface area contributed by atoms with Gasteiger partial charge in [-0.3, -0.25) is 0 Å². The number of fused-ring (bicyclic) bond motifs is 3. The molecule has 1 aliphatic rings. The molecule has 0 amide bonds. The van der Waals surface area contributed by atoms with E-state index in [1.54, 1.807) is 29.7 Å². The third kappa shape index (κ3) is 3.44. The first-order valence-corrected chi connectivity index (χ1v) is 9.71. The fourth-order valence-corrected chi connectivity index (χ4v) is 4.68. The Morgan fingerprint density at radius 1 is 1.26 bits per heavy atom. The average molecular weight is 384 g/mol. The van der Waals surface area contributed by atoms with Crippen LogP contribution in [-0.4, -0.2) is 28.0 Å². The lowest BCUT2D eigenvalue weighted by atomic mass is 10.1. The van der Waals surface area contributed by atoms with Crippen LogP contribution in [0.1, 0.15) is 45.9 Å². The number of nitrogens with zero attached hydrogens (tertiary/aromatic N) is 3. The molecule has 8 heteroatoms. The van der Waals surface area contributed by atoms with Gasteiger partial charge >= 0.3 is 5.97 Å². The molecule has 7 nitrogen and oxygen atoms in total. The third-order valence-electron chi connectivity index (χ3n) is 4.66. The topological polar surface area (TPSA) is 100 Å². The number of rotatable bonds is 4. The molecule has 0 aliphatic heterocycles. The Bertz CT molecular complexity index is 1000. The Balaban J connectivity index is 1.57. The summed E-state index contributed by atoms with van der Waals surface area (Å²) in [5, 5.41) is 0.973. The molecule has 1 aliphatic carbocycles. The van der Waals surface area contributed by atoms with Gasteiger partial charge in [-0.15, -0.1) is 11.3 Å². The van der Waals surface area contributed by atoms with Crippen molar-refractivity contribution in [3.05, 3.63) is 40.2 Å². The Morgan fingerprint density at radius 2 is 2.11 bits per heavy atom. The Labute approximate surface area is 160 Å². The maximum Gasteiger partial charge on any atom is 0.344 e. The molecule has 0 fully saturated rings. The standard InChI is InChI=1S/C19H20N4O3S/c1-25-17-12(7-5-9-21-17)19(24)26-10-14-22-16(20)15-11-6-3-2-4-8-13(11)27-18(15)23-14/h5,7,9H,2-4,6,8,10H2,1H3,(H2,20,22,23). The minimum atomic E-state index is -0.538. The Hall–Kier alpha value is -2.74. The number of aromatic nitrogens is 3. The summed E-state index contributed by atoms with van der Waals surface area (Å²) in [5.74, 6) is 0.543. The molecule has 0 radical (unpaired) electrons. The van der Waals surface area contributed by atoms with Crippen LogP contribution in [0.4, 0.5) is 5.82 Å². The van der Waals surface area contributed by atoms with Crippen LogP contribution in [0.25, 0.3) is 10.2 Å². The molecule has 4 rings (SSSR count). The second-order valence-electron chi connectivity index (χ2n) is 6.41. The van der Waals surface area contributed by atoms with Crippen LogP contribution in [0.5, 0.6) is 5.88 Å². The summed E-state index contributed by atoms with van der Waals surface area (Å²) in [6, 6.07) is 3.25. The fourth-order valence-electron chi connectivity index (χ4n) is 3.39. The highest BCUT2D eigenvalue weighted by Gasteiger charge is 2.20. The van der Waals surface area contributed by atoms with E-state index in [0.29, 0.717) is 11.6 Å². The summed E-state index contributed by atoms with van der Waals surface area (Å²) in [6.45, 7) is -0.0560. The van der Waals surface area contributed by atoms with Crippen LogP contribution < -0.4 is 10.5 Å². The van der Waals surface area contributed by atoms with Gasteiger partial charge in [0.15, 0.2) is 12.4 Å². The Morgan fingerprint density at radius 3 is 2.96 bits per heavy atom. The fraction of sp³-hybridized carbons (Fsp3) is 0.368. The highest BCUT2D eigenvalue weighted by Crippen LogP contribution is 2.37. The monoisotopic (exact) mass is 384 g/mol. The lowest BCUT2D eigenvalue weighted by Crippen LogP contribution is -2.10. The van der Waals surface area contributed by atoms with Crippen molar-refractivity contribution in [1.82, 2.24) is 15.0 Å². The minimum absolute atomic E-state index is 0.0560. The average Bonchev–Trinajstić information content (AvgIpc) is 2.88. The highest BCUT2D eigenvalue weighted by atomic mass is 32.1. The van der Waals surface area contributed by atoms with Gasteiger partial charge in [-0.05, 0) is 43.4 Å². The van der Waals surface area contributed by atoms with Gasteiger partial charge in [-0.2, -0.15) is 0 Å². The zero-order valence-electron chi connectivity index (χ0n) is 15.0. The van der Waals surface area contributed by atoms with Gasteiger partial charge < -0.3 is 15.2 Å². The smallest absolute Gasteiger partial charge is 0.344 e. The maximum atomic E-state index is 12.3. The van der Waals surface area contributed by atoms with Crippen molar-refractivity contribution in [2.24, 2.45) is 0 Å². The maximum absolute atomic E-state index is 12.3. The second-order valence-corrected chi connectivity index (χ2v) is 7.49. The predicted octanol–water partition coefficient (Wildman–Crippen LogP) is 3.30. The lowest BCUT2D eigenvalue weighted by molar-refractivity contribution is 0.0458. The molecule has 3 heterocycles. The first-order valence-electron chi connectivity index (χ1n) is 8.90. The summed E-state index contributed by atoms with van der Waals surface area (Å²) in [5.41, 5.74) is 7.79. The highest BCUT2D eigenvalue weighted by molar-refractivity contribution is 7.19. The normalized spacial score (nSPS) is 13.8. The molecule has 3 aromatic rings. The van der Waals surface area contributed by atoms with E-state index < -0.39 is 5.97 Å². The molecule has 0 saturated heterocycles. The first kappa shape index (κ1) is 17.7. The van der Waals surface area contributed by atoms with Crippen molar-refractivity contribution < 1.29 is 14.3 Å². The summed E-state index contributed by atoms with van der Waals surface area (Å²) < 4.78 is 10.4. The van der Waals surface area contributed by atoms with Gasteiger partial charge in [0.25, 0.3) is 0 Å². The van der Waals surface area contributed by atoms with Crippen LogP contribution in [0, 0.1) is 0 Å². The molecule has 0 atom stereocenters. The number of carbonyl (C=O) groups is 1. The van der Waals surface area contributed by atoms with E-state index in [1.807, 2.05) is 0 Å². The number of anilines is 1. The van der Waals surface area contributed by atoms with Crippen molar-refractivity contribution in [2.45, 2.75) is 38.7 Å². The molecule has 27 heavy (non-hydrogen) atoms. The van der Waals surface area contributed by atoms with Crippen LogP contribution in [0.2, 0.25) is 0 Å². The SMILES string of the molecule is COc1ncccc1C(=O)OCc1nc(N)c2c3c(sc2n1)CCCCC3. The number of hydrogen-bond donors (Lipinski definition) is 1. The van der Waals surface area contributed by atoms with Gasteiger partial charge in [0.1, 0.15) is 16.2 Å². The number of esters is 1. The van der Waals surface area contributed by atoms with Crippen LogP contribution in [0.15, 0.2) is 18.3 Å². The van der Waals surface area contributed by atoms with Gasteiger partial charge in [0, 0.05) is 11.1 Å². The zero-order valence-corrected chi connectivity index (χ0v) is 15.8. The molecule has 0 saturated carbocycles. The summed E-state index contributed by atoms with van der Waals surface area (Å²) in [7, 11) is 1.46. The number of carbonyl (C=O) groups excluding carboxylic acids is 1. The van der Waals surface area contributed by atoms with E-state index in [9.17, 15) is 4.79 Å². The molecular weight excluding hydrogens is 364 g/mol. The van der Waals surface area contributed by atoms with Crippen molar-refractivity contribution in [3.63, 3.8) is 0 Å². The second kappa shape index (κ2) is 7.48. The molecule has 2 N–H and O–H groups in total. The lowest BCUT2D eigenvalue weighted by Gasteiger charge is -2.08. The van der Waals surface area contributed by atoms with Crippen LogP contribution in [-0.2, 0) is 24.2 Å². The summed E-state index contributed by atoms with van der Waals surface area (Å²) in [6.07, 6.45) is 7.26.